The van der Waals surface area contributed by atoms with Crippen LogP contribution in [0.3, 0.4) is 0 Å². The van der Waals surface area contributed by atoms with Crippen LogP contribution >= 0.6 is 23.2 Å². The van der Waals surface area contributed by atoms with Gasteiger partial charge in [0, 0.05) is 24.5 Å². The Morgan fingerprint density at radius 2 is 2.00 bits per heavy atom. The summed E-state index contributed by atoms with van der Waals surface area (Å²) < 4.78 is 0. The van der Waals surface area contributed by atoms with E-state index >= 15 is 0 Å². The van der Waals surface area contributed by atoms with Crippen LogP contribution in [0.15, 0.2) is 18.2 Å². The van der Waals surface area contributed by atoms with Crippen molar-refractivity contribution in [1.82, 2.24) is 0 Å². The smallest absolute Gasteiger partial charge is 0.233 e. The summed E-state index contributed by atoms with van der Waals surface area (Å²) >= 11 is 11.6. The molecule has 0 aliphatic carbocycles. The molecule has 16 heavy (non-hydrogen) atoms. The number of rotatable bonds is 4. The van der Waals surface area contributed by atoms with Crippen LogP contribution in [-0.2, 0) is 0 Å². The molecular formula is C10H12Cl2N2O2. The van der Waals surface area contributed by atoms with E-state index < -0.39 is 5.54 Å². The molecule has 0 saturated carbocycles. The lowest BCUT2D eigenvalue weighted by atomic mass is 10.1. The molecule has 0 radical (unpaired) electrons. The van der Waals surface area contributed by atoms with Crippen molar-refractivity contribution in [3.05, 3.63) is 38.4 Å². The van der Waals surface area contributed by atoms with Crippen LogP contribution in [0.2, 0.25) is 10.0 Å². The molecular weight excluding hydrogens is 251 g/mol. The first kappa shape index (κ1) is 13.1. The molecule has 4 nitrogen and oxygen atoms in total. The summed E-state index contributed by atoms with van der Waals surface area (Å²) in [4.78, 5) is 10.4. The molecule has 0 atom stereocenters. The third-order valence-electron chi connectivity index (χ3n) is 2.14. The third-order valence-corrected chi connectivity index (χ3v) is 2.88. The van der Waals surface area contributed by atoms with Crippen LogP contribution in [0.1, 0.15) is 13.8 Å². The van der Waals surface area contributed by atoms with E-state index in [4.69, 9.17) is 23.2 Å². The fraction of sp³-hybridized carbons (Fsp3) is 0.400. The molecule has 0 bridgehead atoms. The highest BCUT2D eigenvalue weighted by Crippen LogP contribution is 2.25. The molecule has 88 valence electrons. The summed E-state index contributed by atoms with van der Waals surface area (Å²) in [5.41, 5.74) is -0.309. The number of hydrogen-bond donors (Lipinski definition) is 1. The van der Waals surface area contributed by atoms with Gasteiger partial charge in [-0.25, -0.2) is 0 Å². The predicted octanol–water partition coefficient (Wildman–Crippen LogP) is 3.46. The van der Waals surface area contributed by atoms with Crippen LogP contribution in [0.5, 0.6) is 0 Å². The van der Waals surface area contributed by atoms with Crippen LogP contribution in [0, 0.1) is 10.1 Å². The second-order valence-electron chi connectivity index (χ2n) is 4.05. The number of halogens is 2. The maximum absolute atomic E-state index is 10.7. The number of nitro groups is 1. The largest absolute Gasteiger partial charge is 0.378 e. The molecule has 0 aromatic heterocycles. The minimum absolute atomic E-state index is 0.220. The normalized spacial score (nSPS) is 11.2. The minimum atomic E-state index is -1.02. The number of benzene rings is 1. The zero-order valence-electron chi connectivity index (χ0n) is 8.96. The van der Waals surface area contributed by atoms with Crippen LogP contribution in [-0.4, -0.2) is 17.0 Å². The first-order valence-corrected chi connectivity index (χ1v) is 5.42. The van der Waals surface area contributed by atoms with Crippen molar-refractivity contribution in [2.24, 2.45) is 0 Å². The maximum atomic E-state index is 10.7. The predicted molar refractivity (Wildman–Crippen MR) is 66.0 cm³/mol. The van der Waals surface area contributed by atoms with Crippen molar-refractivity contribution < 1.29 is 4.92 Å². The minimum Gasteiger partial charge on any atom is -0.378 e. The van der Waals surface area contributed by atoms with Gasteiger partial charge in [0.05, 0.1) is 16.6 Å². The standard InChI is InChI=1S/C10H12Cl2N2O2/c1-10(2,14(15)16)6-13-7-3-4-8(11)9(12)5-7/h3-5,13H,6H2,1-2H3. The zero-order chi connectivity index (χ0) is 12.3. The lowest BCUT2D eigenvalue weighted by Crippen LogP contribution is -2.38. The second-order valence-corrected chi connectivity index (χ2v) is 4.87. The first-order chi connectivity index (χ1) is 7.33. The quantitative estimate of drug-likeness (QED) is 0.668. The van der Waals surface area contributed by atoms with Gasteiger partial charge in [0.25, 0.3) is 0 Å². The van der Waals surface area contributed by atoms with E-state index in [0.717, 1.165) is 0 Å². The fourth-order valence-electron chi connectivity index (χ4n) is 0.989. The number of anilines is 1. The van der Waals surface area contributed by atoms with Gasteiger partial charge in [0.15, 0.2) is 0 Å². The molecule has 0 spiro atoms. The number of nitrogens with one attached hydrogen (secondary N) is 1. The van der Waals surface area contributed by atoms with Gasteiger partial charge < -0.3 is 5.32 Å². The van der Waals surface area contributed by atoms with Crippen LogP contribution in [0.4, 0.5) is 5.69 Å². The van der Waals surface area contributed by atoms with Gasteiger partial charge in [-0.3, -0.25) is 10.1 Å². The van der Waals surface area contributed by atoms with E-state index in [-0.39, 0.29) is 11.5 Å². The molecule has 0 heterocycles. The van der Waals surface area contributed by atoms with Gasteiger partial charge in [-0.1, -0.05) is 23.2 Å². The monoisotopic (exact) mass is 262 g/mol. The Labute approximate surface area is 104 Å². The summed E-state index contributed by atoms with van der Waals surface area (Å²) in [6.07, 6.45) is 0. The summed E-state index contributed by atoms with van der Waals surface area (Å²) in [6, 6.07) is 5.01. The molecule has 1 rings (SSSR count). The topological polar surface area (TPSA) is 55.2 Å². The van der Waals surface area contributed by atoms with E-state index in [2.05, 4.69) is 5.32 Å². The maximum Gasteiger partial charge on any atom is 0.233 e. The molecule has 1 aromatic rings. The SMILES string of the molecule is CC(C)(CNc1ccc(Cl)c(Cl)c1)[N+](=O)[O-]. The van der Waals surface area contributed by atoms with Crippen molar-refractivity contribution in [2.75, 3.05) is 11.9 Å². The average Bonchev–Trinajstić information content (AvgIpc) is 2.20. The van der Waals surface area contributed by atoms with Crippen molar-refractivity contribution in [1.29, 1.82) is 0 Å². The van der Waals surface area contributed by atoms with Crippen molar-refractivity contribution in [2.45, 2.75) is 19.4 Å². The highest BCUT2D eigenvalue weighted by Gasteiger charge is 2.30. The Hall–Kier alpha value is -1.00. The van der Waals surface area contributed by atoms with Crippen LogP contribution < -0.4 is 5.32 Å². The van der Waals surface area contributed by atoms with E-state index in [0.29, 0.717) is 15.7 Å². The molecule has 6 heteroatoms. The summed E-state index contributed by atoms with van der Waals surface area (Å²) in [6.45, 7) is 3.33. The Morgan fingerprint density at radius 3 is 2.50 bits per heavy atom. The van der Waals surface area contributed by atoms with E-state index in [9.17, 15) is 10.1 Å². The Morgan fingerprint density at radius 1 is 1.38 bits per heavy atom. The average molecular weight is 263 g/mol. The summed E-state index contributed by atoms with van der Waals surface area (Å²) in [5, 5.41) is 14.5. The van der Waals surface area contributed by atoms with Gasteiger partial charge in [0.2, 0.25) is 5.54 Å². The van der Waals surface area contributed by atoms with Crippen LogP contribution in [0.25, 0.3) is 0 Å². The van der Waals surface area contributed by atoms with Gasteiger partial charge >= 0.3 is 0 Å². The second kappa shape index (κ2) is 4.89. The molecule has 0 fully saturated rings. The van der Waals surface area contributed by atoms with Crippen molar-refractivity contribution in [3.8, 4) is 0 Å². The van der Waals surface area contributed by atoms with Crippen molar-refractivity contribution in [3.63, 3.8) is 0 Å². The Kier molecular flexibility index (Phi) is 3.99. The van der Waals surface area contributed by atoms with E-state index in [1.54, 1.807) is 32.0 Å². The molecule has 0 unspecified atom stereocenters. The Balaban J connectivity index is 2.68. The zero-order valence-corrected chi connectivity index (χ0v) is 10.5. The van der Waals surface area contributed by atoms with E-state index in [1.807, 2.05) is 0 Å². The molecule has 0 aliphatic rings. The van der Waals surface area contributed by atoms with E-state index in [1.165, 1.54) is 0 Å². The molecule has 0 aliphatic heterocycles. The first-order valence-electron chi connectivity index (χ1n) is 4.66. The molecule has 0 saturated heterocycles. The van der Waals surface area contributed by atoms with Gasteiger partial charge in [-0.15, -0.1) is 0 Å². The van der Waals surface area contributed by atoms with Gasteiger partial charge in [0.1, 0.15) is 0 Å². The lowest BCUT2D eigenvalue weighted by molar-refractivity contribution is -0.556. The summed E-state index contributed by atoms with van der Waals surface area (Å²) in [7, 11) is 0. The highest BCUT2D eigenvalue weighted by molar-refractivity contribution is 6.42. The Bertz CT molecular complexity index is 408. The lowest BCUT2D eigenvalue weighted by Gasteiger charge is -2.17. The summed E-state index contributed by atoms with van der Waals surface area (Å²) in [5.74, 6) is 0. The third kappa shape index (κ3) is 3.25. The van der Waals surface area contributed by atoms with Gasteiger partial charge in [-0.05, 0) is 18.2 Å². The highest BCUT2D eigenvalue weighted by atomic mass is 35.5. The fourth-order valence-corrected chi connectivity index (χ4v) is 1.29. The number of nitrogens with zero attached hydrogens (tertiary/aromatic N) is 1. The molecule has 1 aromatic carbocycles. The molecule has 0 amide bonds. The molecule has 1 N–H and O–H groups in total. The van der Waals surface area contributed by atoms with Gasteiger partial charge in [-0.2, -0.15) is 0 Å². The van der Waals surface area contributed by atoms with Crippen molar-refractivity contribution >= 4 is 28.9 Å². The number of hydrogen-bond acceptors (Lipinski definition) is 3.